The van der Waals surface area contributed by atoms with Gasteiger partial charge in [-0.3, -0.25) is 0 Å². The third-order valence-electron chi connectivity index (χ3n) is 0.775. The number of rotatable bonds is 0. The van der Waals surface area contributed by atoms with Gasteiger partial charge in [0.05, 0.1) is 4.99 Å². The highest BCUT2D eigenvalue weighted by Gasteiger charge is 2.41. The molecule has 0 saturated heterocycles. The van der Waals surface area contributed by atoms with Crippen molar-refractivity contribution in [3.05, 3.63) is 0 Å². The van der Waals surface area contributed by atoms with Gasteiger partial charge in [0.2, 0.25) is 5.17 Å². The van der Waals surface area contributed by atoms with Gasteiger partial charge in [0.15, 0.2) is 0 Å². The van der Waals surface area contributed by atoms with E-state index in [1.54, 1.807) is 6.92 Å². The van der Waals surface area contributed by atoms with E-state index in [0.717, 1.165) is 0 Å². The summed E-state index contributed by atoms with van der Waals surface area (Å²) < 4.78 is 0. The molecule has 0 aromatic heterocycles. The SMILES string of the molecule is CC1(Cl)N=C(Cl)C(Cl)=[N+]1. The Kier molecular flexibility index (Phi) is 1.72. The van der Waals surface area contributed by atoms with Crippen molar-refractivity contribution in [1.82, 2.24) is 4.99 Å². The van der Waals surface area contributed by atoms with Gasteiger partial charge in [-0.1, -0.05) is 11.6 Å². The van der Waals surface area contributed by atoms with E-state index in [1.807, 2.05) is 0 Å². The maximum atomic E-state index is 5.61. The summed E-state index contributed by atoms with van der Waals surface area (Å²) in [6, 6.07) is 0. The zero-order valence-electron chi connectivity index (χ0n) is 4.53. The maximum Gasteiger partial charge on any atom is 0.397 e. The van der Waals surface area contributed by atoms with Crippen molar-refractivity contribution in [2.75, 3.05) is 0 Å². The molecule has 1 aliphatic rings. The summed E-state index contributed by atoms with van der Waals surface area (Å²) in [6.07, 6.45) is 0. The van der Waals surface area contributed by atoms with E-state index in [-0.39, 0.29) is 10.3 Å². The summed E-state index contributed by atoms with van der Waals surface area (Å²) in [5.41, 5.74) is 0. The molecule has 0 bridgehead atoms. The van der Waals surface area contributed by atoms with Crippen molar-refractivity contribution in [2.45, 2.75) is 12.0 Å². The summed E-state index contributed by atoms with van der Waals surface area (Å²) >= 11 is 16.5. The van der Waals surface area contributed by atoms with Crippen LogP contribution in [0.2, 0.25) is 0 Å². The third kappa shape index (κ3) is 1.57. The van der Waals surface area contributed by atoms with E-state index in [9.17, 15) is 0 Å². The van der Waals surface area contributed by atoms with Gasteiger partial charge >= 0.3 is 10.3 Å². The van der Waals surface area contributed by atoms with Crippen LogP contribution in [0.3, 0.4) is 0 Å². The van der Waals surface area contributed by atoms with Crippen molar-refractivity contribution in [1.29, 1.82) is 0 Å². The van der Waals surface area contributed by atoms with Crippen LogP contribution in [0, 0.1) is 0 Å². The molecule has 1 aliphatic heterocycles. The molecule has 2 nitrogen and oxygen atoms in total. The normalized spacial score (nSPS) is 34.2. The van der Waals surface area contributed by atoms with Crippen molar-refractivity contribution in [3.63, 3.8) is 0 Å². The predicted octanol–water partition coefficient (Wildman–Crippen LogP) is 1.52. The van der Waals surface area contributed by atoms with Gasteiger partial charge < -0.3 is 0 Å². The summed E-state index contributed by atoms with van der Waals surface area (Å²) in [5.74, 6) is 0. The predicted molar refractivity (Wildman–Crippen MR) is 40.5 cm³/mol. The first kappa shape index (κ1) is 7.32. The van der Waals surface area contributed by atoms with Gasteiger partial charge in [-0.05, 0) is 23.2 Å². The molecule has 0 saturated carbocycles. The monoisotopic (exact) mass is 184 g/mol. The smallest absolute Gasteiger partial charge is 0.174 e. The molecule has 0 aromatic carbocycles. The van der Waals surface area contributed by atoms with Crippen LogP contribution >= 0.6 is 34.8 Å². The van der Waals surface area contributed by atoms with Crippen LogP contribution < -0.4 is 4.99 Å². The summed E-state index contributed by atoms with van der Waals surface area (Å²) in [6.45, 7) is 1.60. The fourth-order valence-corrected chi connectivity index (χ4v) is 1.14. The van der Waals surface area contributed by atoms with Gasteiger partial charge in [0.1, 0.15) is 0 Å². The lowest BCUT2D eigenvalue weighted by Crippen LogP contribution is -2.16. The van der Waals surface area contributed by atoms with Crippen LogP contribution in [0.4, 0.5) is 0 Å². The average molecular weight is 185 g/mol. The Bertz CT molecular complexity index is 174. The number of aliphatic imine (C=N–C) groups is 2. The Morgan fingerprint density at radius 1 is 1.56 bits per heavy atom. The number of hydrogen-bond acceptors (Lipinski definition) is 2. The standard InChI is InChI=1S/C4H3Cl3N2/c1-4(7)8-2(5)3(6)9-4/h1H3/q+1. The molecule has 0 atom stereocenters. The fraction of sp³-hybridized carbons (Fsp3) is 0.500. The first-order valence-electron chi connectivity index (χ1n) is 2.21. The van der Waals surface area contributed by atoms with Crippen LogP contribution in [-0.2, 0) is 0 Å². The third-order valence-corrected chi connectivity index (χ3v) is 1.57. The van der Waals surface area contributed by atoms with E-state index in [2.05, 4.69) is 9.98 Å². The van der Waals surface area contributed by atoms with Crippen LogP contribution in [-0.4, -0.2) is 15.5 Å². The second kappa shape index (κ2) is 2.11. The van der Waals surface area contributed by atoms with Gasteiger partial charge in [-0.2, -0.15) is 4.99 Å². The van der Waals surface area contributed by atoms with Crippen LogP contribution in [0.15, 0.2) is 4.99 Å². The molecule has 0 aromatic rings. The van der Waals surface area contributed by atoms with Crippen LogP contribution in [0.25, 0.3) is 0 Å². The van der Waals surface area contributed by atoms with Crippen LogP contribution in [0.5, 0.6) is 0 Å². The molecule has 0 unspecified atom stereocenters. The Balaban J connectivity index is 2.96. The highest BCUT2D eigenvalue weighted by atomic mass is 35.5. The lowest BCUT2D eigenvalue weighted by molar-refractivity contribution is 0.666. The molecule has 0 N–H and O–H groups in total. The van der Waals surface area contributed by atoms with Gasteiger partial charge in [0, 0.05) is 6.92 Å². The largest absolute Gasteiger partial charge is 0.397 e. The van der Waals surface area contributed by atoms with Gasteiger partial charge in [-0.25, -0.2) is 0 Å². The van der Waals surface area contributed by atoms with Crippen molar-refractivity contribution < 1.29 is 0 Å². The zero-order chi connectivity index (χ0) is 7.07. The molecule has 49 valence electrons. The van der Waals surface area contributed by atoms with E-state index in [4.69, 9.17) is 34.8 Å². The highest BCUT2D eigenvalue weighted by molar-refractivity contribution is 7.00. The number of halogens is 3. The van der Waals surface area contributed by atoms with E-state index in [1.165, 1.54) is 0 Å². The molecule has 0 aliphatic carbocycles. The topological polar surface area (TPSA) is 26.5 Å². The Morgan fingerprint density at radius 2 is 2.11 bits per heavy atom. The van der Waals surface area contributed by atoms with Crippen molar-refractivity contribution >= 4 is 45.1 Å². The first-order valence-corrected chi connectivity index (χ1v) is 3.35. The number of nitrogens with zero attached hydrogens (tertiary/aromatic N) is 2. The lowest BCUT2D eigenvalue weighted by Gasteiger charge is -1.88. The molecule has 1 heterocycles. The first-order chi connectivity index (χ1) is 4.01. The van der Waals surface area contributed by atoms with Crippen molar-refractivity contribution in [2.24, 2.45) is 4.99 Å². The second-order valence-corrected chi connectivity index (χ2v) is 3.14. The molecule has 1 radical (unpaired) electrons. The molecular weight excluding hydrogens is 182 g/mol. The summed E-state index contributed by atoms with van der Waals surface area (Å²) in [5, 5.41) is -0.628. The molecular formula is C4H3Cl3N2+. The van der Waals surface area contributed by atoms with Crippen molar-refractivity contribution in [3.8, 4) is 0 Å². The Labute approximate surface area is 67.5 Å². The molecule has 9 heavy (non-hydrogen) atoms. The quantitative estimate of drug-likeness (QED) is 0.404. The minimum absolute atomic E-state index is 0.175. The fourth-order valence-electron chi connectivity index (χ4n) is 0.476. The molecule has 0 spiro atoms. The molecule has 1 rings (SSSR count). The molecule has 0 amide bonds. The maximum absolute atomic E-state index is 5.61. The number of hydrogen-bond donors (Lipinski definition) is 0. The molecule has 5 heteroatoms. The number of alkyl halides is 1. The van der Waals surface area contributed by atoms with E-state index >= 15 is 0 Å². The molecule has 0 fully saturated rings. The Morgan fingerprint density at radius 3 is 2.22 bits per heavy atom. The minimum atomic E-state index is -0.978. The summed E-state index contributed by atoms with van der Waals surface area (Å²) in [7, 11) is 0. The Hall–Kier alpha value is 0.210. The highest BCUT2D eigenvalue weighted by Crippen LogP contribution is 2.18. The van der Waals surface area contributed by atoms with E-state index in [0.29, 0.717) is 0 Å². The average Bonchev–Trinajstić information content (AvgIpc) is 1.79. The van der Waals surface area contributed by atoms with Crippen LogP contribution in [0.1, 0.15) is 6.92 Å². The second-order valence-electron chi connectivity index (χ2n) is 1.71. The zero-order valence-corrected chi connectivity index (χ0v) is 6.80. The van der Waals surface area contributed by atoms with Gasteiger partial charge in [0.25, 0.3) is 0 Å². The lowest BCUT2D eigenvalue weighted by atomic mass is 10.6. The summed E-state index contributed by atoms with van der Waals surface area (Å²) in [4.78, 5) is 7.43. The van der Waals surface area contributed by atoms with Gasteiger partial charge in [-0.15, -0.1) is 0 Å². The minimum Gasteiger partial charge on any atom is -0.174 e. The van der Waals surface area contributed by atoms with E-state index < -0.39 is 5.12 Å².